The molecule has 0 bridgehead atoms. The van der Waals surface area contributed by atoms with E-state index in [0.29, 0.717) is 5.56 Å². The fraction of sp³-hybridized carbons (Fsp3) is 0.111. The van der Waals surface area contributed by atoms with Gasteiger partial charge in [-0.25, -0.2) is 4.39 Å². The van der Waals surface area contributed by atoms with Gasteiger partial charge in [0.1, 0.15) is 5.82 Å². The summed E-state index contributed by atoms with van der Waals surface area (Å²) < 4.78 is 14.0. The molecule has 2 N–H and O–H groups in total. The molecule has 0 aliphatic rings. The van der Waals surface area contributed by atoms with Crippen LogP contribution >= 0.6 is 0 Å². The van der Waals surface area contributed by atoms with Crippen molar-refractivity contribution in [3.63, 3.8) is 0 Å². The first-order valence-electron chi connectivity index (χ1n) is 6.68. The molecule has 0 aliphatic carbocycles. The molecule has 100 valence electrons. The van der Waals surface area contributed by atoms with Crippen molar-refractivity contribution < 1.29 is 4.39 Å². The summed E-state index contributed by atoms with van der Waals surface area (Å²) in [5.74, 6) is -0.239. The lowest BCUT2D eigenvalue weighted by molar-refractivity contribution is 0.611. The largest absolute Gasteiger partial charge is 0.326 e. The fourth-order valence-electron chi connectivity index (χ4n) is 2.63. The van der Waals surface area contributed by atoms with Crippen molar-refractivity contribution in [2.75, 3.05) is 0 Å². The molecule has 0 aromatic heterocycles. The van der Waals surface area contributed by atoms with Gasteiger partial charge in [-0.3, -0.25) is 0 Å². The number of nitrogens with two attached hydrogens (primary N) is 1. The summed E-state index contributed by atoms with van der Waals surface area (Å²) in [5, 5.41) is 2.31. The van der Waals surface area contributed by atoms with E-state index in [1.807, 2.05) is 18.2 Å². The van der Waals surface area contributed by atoms with Crippen LogP contribution in [0.3, 0.4) is 0 Å². The SMILES string of the molecule is Cc1ccc2ccccc2c1-c1ccc(CN)c(F)c1. The third kappa shape index (κ3) is 2.08. The van der Waals surface area contributed by atoms with E-state index in [1.54, 1.807) is 12.1 Å². The van der Waals surface area contributed by atoms with E-state index < -0.39 is 0 Å². The predicted molar refractivity (Wildman–Crippen MR) is 82.0 cm³/mol. The third-order valence-electron chi connectivity index (χ3n) is 3.70. The zero-order chi connectivity index (χ0) is 14.1. The number of hydrogen-bond donors (Lipinski definition) is 1. The maximum absolute atomic E-state index is 14.0. The van der Waals surface area contributed by atoms with Gasteiger partial charge in [0.2, 0.25) is 0 Å². The van der Waals surface area contributed by atoms with Crippen LogP contribution in [0, 0.1) is 12.7 Å². The Labute approximate surface area is 117 Å². The lowest BCUT2D eigenvalue weighted by atomic mass is 9.93. The molecule has 3 aromatic rings. The maximum atomic E-state index is 14.0. The normalized spacial score (nSPS) is 10.9. The van der Waals surface area contributed by atoms with Gasteiger partial charge in [-0.05, 0) is 40.5 Å². The Balaban J connectivity index is 2.28. The highest BCUT2D eigenvalue weighted by atomic mass is 19.1. The van der Waals surface area contributed by atoms with Gasteiger partial charge in [0.05, 0.1) is 0 Å². The van der Waals surface area contributed by atoms with Crippen LogP contribution in [0.15, 0.2) is 54.6 Å². The molecule has 0 spiro atoms. The van der Waals surface area contributed by atoms with E-state index in [1.165, 1.54) is 0 Å². The molecule has 2 heteroatoms. The molecule has 0 fully saturated rings. The Morgan fingerprint density at radius 3 is 2.55 bits per heavy atom. The molecule has 0 amide bonds. The Morgan fingerprint density at radius 1 is 1.00 bits per heavy atom. The average Bonchev–Trinajstić information content (AvgIpc) is 2.47. The van der Waals surface area contributed by atoms with Crippen molar-refractivity contribution in [2.24, 2.45) is 5.73 Å². The highest BCUT2D eigenvalue weighted by Gasteiger charge is 2.09. The number of hydrogen-bond acceptors (Lipinski definition) is 1. The summed E-state index contributed by atoms with van der Waals surface area (Å²) in [6.07, 6.45) is 0. The molecular formula is C18H16FN. The van der Waals surface area contributed by atoms with E-state index in [9.17, 15) is 4.39 Å². The van der Waals surface area contributed by atoms with Crippen LogP contribution in [0.25, 0.3) is 21.9 Å². The minimum atomic E-state index is -0.239. The van der Waals surface area contributed by atoms with Crippen molar-refractivity contribution in [1.29, 1.82) is 0 Å². The Kier molecular flexibility index (Phi) is 3.25. The van der Waals surface area contributed by atoms with Gasteiger partial charge in [0, 0.05) is 12.1 Å². The van der Waals surface area contributed by atoms with Gasteiger partial charge in [0.25, 0.3) is 0 Å². The second-order valence-electron chi connectivity index (χ2n) is 4.99. The van der Waals surface area contributed by atoms with Crippen molar-refractivity contribution in [1.82, 2.24) is 0 Å². The quantitative estimate of drug-likeness (QED) is 0.729. The molecule has 1 nitrogen and oxygen atoms in total. The molecule has 0 atom stereocenters. The maximum Gasteiger partial charge on any atom is 0.128 e. The standard InChI is InChI=1S/C18H16FN/c1-12-6-7-13-4-2-3-5-16(13)18(12)14-8-9-15(11-20)17(19)10-14/h2-10H,11,20H2,1H3. The fourth-order valence-corrected chi connectivity index (χ4v) is 2.63. The molecular weight excluding hydrogens is 249 g/mol. The monoisotopic (exact) mass is 265 g/mol. The summed E-state index contributed by atoms with van der Waals surface area (Å²) in [5.41, 5.74) is 9.20. The van der Waals surface area contributed by atoms with E-state index in [2.05, 4.69) is 31.2 Å². The predicted octanol–water partition coefficient (Wildman–Crippen LogP) is 4.41. The first kappa shape index (κ1) is 12.8. The van der Waals surface area contributed by atoms with Gasteiger partial charge in [-0.15, -0.1) is 0 Å². The second-order valence-corrected chi connectivity index (χ2v) is 4.99. The molecule has 0 saturated heterocycles. The lowest BCUT2D eigenvalue weighted by Gasteiger charge is -2.12. The Morgan fingerprint density at radius 2 is 1.80 bits per heavy atom. The molecule has 3 rings (SSSR count). The Bertz CT molecular complexity index is 777. The molecule has 0 saturated carbocycles. The summed E-state index contributed by atoms with van der Waals surface area (Å²) in [4.78, 5) is 0. The molecule has 0 unspecified atom stereocenters. The number of halogens is 1. The third-order valence-corrected chi connectivity index (χ3v) is 3.70. The number of fused-ring (bicyclic) bond motifs is 1. The second kappa shape index (κ2) is 5.06. The Hall–Kier alpha value is -2.19. The summed E-state index contributed by atoms with van der Waals surface area (Å²) >= 11 is 0. The van der Waals surface area contributed by atoms with E-state index >= 15 is 0 Å². The van der Waals surface area contributed by atoms with Gasteiger partial charge in [-0.1, -0.05) is 48.5 Å². The van der Waals surface area contributed by atoms with Crippen LogP contribution in [0.4, 0.5) is 4.39 Å². The number of benzene rings is 3. The van der Waals surface area contributed by atoms with E-state index in [-0.39, 0.29) is 12.4 Å². The van der Waals surface area contributed by atoms with Gasteiger partial charge < -0.3 is 5.73 Å². The van der Waals surface area contributed by atoms with E-state index in [0.717, 1.165) is 27.5 Å². The highest BCUT2D eigenvalue weighted by molar-refractivity contribution is 5.98. The molecule has 0 heterocycles. The van der Waals surface area contributed by atoms with Crippen molar-refractivity contribution in [3.05, 3.63) is 71.5 Å². The van der Waals surface area contributed by atoms with Crippen LogP contribution in [-0.4, -0.2) is 0 Å². The van der Waals surface area contributed by atoms with Crippen LogP contribution in [0.5, 0.6) is 0 Å². The number of aryl methyl sites for hydroxylation is 1. The van der Waals surface area contributed by atoms with Gasteiger partial charge in [0.15, 0.2) is 0 Å². The van der Waals surface area contributed by atoms with Crippen LogP contribution in [0.2, 0.25) is 0 Å². The van der Waals surface area contributed by atoms with Crippen molar-refractivity contribution >= 4 is 10.8 Å². The highest BCUT2D eigenvalue weighted by Crippen LogP contribution is 2.32. The first-order chi connectivity index (χ1) is 9.70. The van der Waals surface area contributed by atoms with E-state index in [4.69, 9.17) is 5.73 Å². The molecule has 20 heavy (non-hydrogen) atoms. The van der Waals surface area contributed by atoms with Crippen molar-refractivity contribution in [2.45, 2.75) is 13.5 Å². The zero-order valence-corrected chi connectivity index (χ0v) is 11.4. The molecule has 0 radical (unpaired) electrons. The van der Waals surface area contributed by atoms with Crippen LogP contribution in [-0.2, 0) is 6.54 Å². The van der Waals surface area contributed by atoms with Gasteiger partial charge in [-0.2, -0.15) is 0 Å². The smallest absolute Gasteiger partial charge is 0.128 e. The topological polar surface area (TPSA) is 26.0 Å². The minimum Gasteiger partial charge on any atom is -0.326 e. The molecule has 3 aromatic carbocycles. The number of rotatable bonds is 2. The van der Waals surface area contributed by atoms with Crippen molar-refractivity contribution in [3.8, 4) is 11.1 Å². The van der Waals surface area contributed by atoms with Crippen LogP contribution < -0.4 is 5.73 Å². The molecule has 0 aliphatic heterocycles. The average molecular weight is 265 g/mol. The van der Waals surface area contributed by atoms with Crippen LogP contribution in [0.1, 0.15) is 11.1 Å². The first-order valence-corrected chi connectivity index (χ1v) is 6.68. The summed E-state index contributed by atoms with van der Waals surface area (Å²) in [7, 11) is 0. The summed E-state index contributed by atoms with van der Waals surface area (Å²) in [6.45, 7) is 2.27. The van der Waals surface area contributed by atoms with Gasteiger partial charge >= 0.3 is 0 Å². The zero-order valence-electron chi connectivity index (χ0n) is 11.4. The lowest BCUT2D eigenvalue weighted by Crippen LogP contribution is -1.99. The minimum absolute atomic E-state index is 0.223. The summed E-state index contributed by atoms with van der Waals surface area (Å²) in [6, 6.07) is 17.6.